The van der Waals surface area contributed by atoms with Gasteiger partial charge in [-0.1, -0.05) is 13.8 Å². The average molecular weight is 226 g/mol. The molecule has 82 valence electrons. The number of carbonyl (C=O) groups excluding carboxylic acids is 1. The lowest BCUT2D eigenvalue weighted by molar-refractivity contribution is -0.138. The molecule has 1 aromatic rings. The second-order valence-corrected chi connectivity index (χ2v) is 5.13. The van der Waals surface area contributed by atoms with Crippen molar-refractivity contribution >= 4 is 23.1 Å². The topological polar surface area (TPSA) is 54.4 Å². The molecule has 0 aliphatic heterocycles. The van der Waals surface area contributed by atoms with Crippen LogP contribution < -0.4 is 0 Å². The van der Waals surface area contributed by atoms with Crippen LogP contribution in [-0.2, 0) is 4.79 Å². The summed E-state index contributed by atoms with van der Waals surface area (Å²) in [6.07, 6.45) is -0.136. The number of ketones is 1. The van der Waals surface area contributed by atoms with E-state index in [2.05, 4.69) is 0 Å². The maximum atomic E-state index is 12.0. The van der Waals surface area contributed by atoms with Gasteiger partial charge in [0.15, 0.2) is 5.78 Å². The number of thiophene rings is 1. The Hall–Kier alpha value is -1.16. The summed E-state index contributed by atoms with van der Waals surface area (Å²) in [7, 11) is 0. The van der Waals surface area contributed by atoms with Crippen LogP contribution in [0.4, 0.5) is 0 Å². The monoisotopic (exact) mass is 226 g/mol. The van der Waals surface area contributed by atoms with Gasteiger partial charge in [0.25, 0.3) is 0 Å². The second kappa shape index (κ2) is 4.14. The van der Waals surface area contributed by atoms with Crippen molar-refractivity contribution in [1.29, 1.82) is 0 Å². The first kappa shape index (κ1) is 11.9. The predicted molar refractivity (Wildman–Crippen MR) is 59.4 cm³/mol. The lowest BCUT2D eigenvalue weighted by Crippen LogP contribution is -2.27. The van der Waals surface area contributed by atoms with E-state index in [-0.39, 0.29) is 12.2 Å². The van der Waals surface area contributed by atoms with Gasteiger partial charge in [-0.05, 0) is 23.9 Å². The second-order valence-electron chi connectivity index (χ2n) is 4.22. The van der Waals surface area contributed by atoms with E-state index >= 15 is 0 Å². The number of carbonyl (C=O) groups is 2. The molecule has 0 spiro atoms. The Kier molecular flexibility index (Phi) is 3.29. The normalized spacial score (nSPS) is 11.4. The Morgan fingerprint density at radius 3 is 2.47 bits per heavy atom. The van der Waals surface area contributed by atoms with E-state index in [0.29, 0.717) is 4.88 Å². The number of aryl methyl sites for hydroxylation is 1. The molecule has 1 rings (SSSR count). The molecule has 0 amide bonds. The van der Waals surface area contributed by atoms with Crippen LogP contribution in [0.5, 0.6) is 0 Å². The minimum Gasteiger partial charge on any atom is -0.481 e. The summed E-state index contributed by atoms with van der Waals surface area (Å²) in [5, 5.41) is 10.6. The standard InChI is InChI=1S/C11H14O3S/c1-7-4-5-15-9(7)10(14)11(2,3)6-8(12)13/h4-5H,6H2,1-3H3,(H,12,13). The van der Waals surface area contributed by atoms with Crippen molar-refractivity contribution in [3.63, 3.8) is 0 Å². The number of aliphatic carboxylic acids is 1. The fourth-order valence-corrected chi connectivity index (χ4v) is 2.42. The molecule has 0 saturated carbocycles. The van der Waals surface area contributed by atoms with Gasteiger partial charge in [-0.2, -0.15) is 0 Å². The number of carboxylic acids is 1. The van der Waals surface area contributed by atoms with Crippen molar-refractivity contribution in [1.82, 2.24) is 0 Å². The smallest absolute Gasteiger partial charge is 0.304 e. The molecule has 0 bridgehead atoms. The number of carboxylic acid groups (broad SMARTS) is 1. The van der Waals surface area contributed by atoms with Gasteiger partial charge in [0.05, 0.1) is 11.3 Å². The summed E-state index contributed by atoms with van der Waals surface area (Å²) in [5.41, 5.74) is 0.0880. The van der Waals surface area contributed by atoms with Gasteiger partial charge in [-0.25, -0.2) is 0 Å². The van der Waals surface area contributed by atoms with Crippen LogP contribution in [0.25, 0.3) is 0 Å². The van der Waals surface area contributed by atoms with Gasteiger partial charge in [0.2, 0.25) is 0 Å². The Labute approximate surface area is 92.7 Å². The van der Waals surface area contributed by atoms with E-state index in [9.17, 15) is 9.59 Å². The first-order valence-electron chi connectivity index (χ1n) is 4.65. The van der Waals surface area contributed by atoms with Crippen LogP contribution in [-0.4, -0.2) is 16.9 Å². The molecule has 0 aliphatic rings. The molecule has 1 aromatic heterocycles. The van der Waals surface area contributed by atoms with E-state index in [4.69, 9.17) is 5.11 Å². The molecule has 4 heteroatoms. The largest absolute Gasteiger partial charge is 0.481 e. The SMILES string of the molecule is Cc1ccsc1C(=O)C(C)(C)CC(=O)O. The molecule has 0 aliphatic carbocycles. The Morgan fingerprint density at radius 1 is 1.47 bits per heavy atom. The highest BCUT2D eigenvalue weighted by molar-refractivity contribution is 7.12. The third kappa shape index (κ3) is 2.65. The maximum Gasteiger partial charge on any atom is 0.304 e. The number of hydrogen-bond donors (Lipinski definition) is 1. The lowest BCUT2D eigenvalue weighted by atomic mass is 9.83. The zero-order valence-electron chi connectivity index (χ0n) is 9.03. The predicted octanol–water partition coefficient (Wildman–Crippen LogP) is 2.74. The van der Waals surface area contributed by atoms with E-state index in [1.165, 1.54) is 11.3 Å². The molecule has 1 heterocycles. The van der Waals surface area contributed by atoms with Crippen LogP contribution in [0.2, 0.25) is 0 Å². The molecule has 1 N–H and O–H groups in total. The summed E-state index contributed by atoms with van der Waals surface area (Å²) in [4.78, 5) is 23.3. The van der Waals surface area contributed by atoms with Crippen LogP contribution in [0.3, 0.4) is 0 Å². The highest BCUT2D eigenvalue weighted by Crippen LogP contribution is 2.30. The minimum atomic E-state index is -0.942. The first-order chi connectivity index (χ1) is 6.84. The molecule has 0 atom stereocenters. The Bertz CT molecular complexity index is 390. The molecular formula is C11H14O3S. The van der Waals surface area contributed by atoms with Gasteiger partial charge in [0, 0.05) is 5.41 Å². The molecule has 15 heavy (non-hydrogen) atoms. The third-order valence-electron chi connectivity index (χ3n) is 2.28. The third-order valence-corrected chi connectivity index (χ3v) is 3.29. The molecule has 0 fully saturated rings. The van der Waals surface area contributed by atoms with Crippen molar-refractivity contribution in [2.45, 2.75) is 27.2 Å². The average Bonchev–Trinajstić information content (AvgIpc) is 2.47. The van der Waals surface area contributed by atoms with Crippen LogP contribution in [0.1, 0.15) is 35.5 Å². The van der Waals surface area contributed by atoms with Crippen molar-refractivity contribution < 1.29 is 14.7 Å². The van der Waals surface area contributed by atoms with Crippen molar-refractivity contribution in [3.05, 3.63) is 21.9 Å². The lowest BCUT2D eigenvalue weighted by Gasteiger charge is -2.20. The molecule has 0 aromatic carbocycles. The zero-order valence-corrected chi connectivity index (χ0v) is 9.85. The maximum absolute atomic E-state index is 12.0. The van der Waals surface area contributed by atoms with Gasteiger partial charge < -0.3 is 5.11 Å². The molecular weight excluding hydrogens is 212 g/mol. The van der Waals surface area contributed by atoms with Gasteiger partial charge in [-0.15, -0.1) is 11.3 Å². The summed E-state index contributed by atoms with van der Waals surface area (Å²) >= 11 is 1.37. The van der Waals surface area contributed by atoms with Crippen molar-refractivity contribution in [2.24, 2.45) is 5.41 Å². The van der Waals surface area contributed by atoms with Crippen LogP contribution in [0.15, 0.2) is 11.4 Å². The van der Waals surface area contributed by atoms with E-state index < -0.39 is 11.4 Å². The summed E-state index contributed by atoms with van der Waals surface area (Å²) in [5.74, 6) is -1.03. The molecule has 0 unspecified atom stereocenters. The fraction of sp³-hybridized carbons (Fsp3) is 0.455. The van der Waals surface area contributed by atoms with Gasteiger partial charge in [0.1, 0.15) is 0 Å². The molecule has 0 radical (unpaired) electrons. The number of hydrogen-bond acceptors (Lipinski definition) is 3. The Balaban J connectivity index is 2.94. The highest BCUT2D eigenvalue weighted by Gasteiger charge is 2.32. The Morgan fingerprint density at radius 2 is 2.07 bits per heavy atom. The van der Waals surface area contributed by atoms with E-state index in [1.54, 1.807) is 13.8 Å². The van der Waals surface area contributed by atoms with E-state index in [1.807, 2.05) is 18.4 Å². The van der Waals surface area contributed by atoms with Crippen molar-refractivity contribution in [3.8, 4) is 0 Å². The molecule has 0 saturated heterocycles. The fourth-order valence-electron chi connectivity index (χ4n) is 1.37. The molecule has 3 nitrogen and oxygen atoms in total. The highest BCUT2D eigenvalue weighted by atomic mass is 32.1. The number of Topliss-reactive ketones (excluding diaryl/α,β-unsaturated/α-hetero) is 1. The van der Waals surface area contributed by atoms with Gasteiger partial charge in [-0.3, -0.25) is 9.59 Å². The number of rotatable bonds is 4. The van der Waals surface area contributed by atoms with E-state index in [0.717, 1.165) is 5.56 Å². The van der Waals surface area contributed by atoms with Crippen LogP contribution in [0, 0.1) is 12.3 Å². The quantitative estimate of drug-likeness (QED) is 0.803. The summed E-state index contributed by atoms with van der Waals surface area (Å²) in [6.45, 7) is 5.20. The van der Waals surface area contributed by atoms with Crippen molar-refractivity contribution in [2.75, 3.05) is 0 Å². The van der Waals surface area contributed by atoms with Crippen LogP contribution >= 0.6 is 11.3 Å². The first-order valence-corrected chi connectivity index (χ1v) is 5.53. The summed E-state index contributed by atoms with van der Waals surface area (Å²) < 4.78 is 0. The minimum absolute atomic E-state index is 0.0857. The van der Waals surface area contributed by atoms with Gasteiger partial charge >= 0.3 is 5.97 Å². The summed E-state index contributed by atoms with van der Waals surface area (Å²) in [6, 6.07) is 1.87. The zero-order chi connectivity index (χ0) is 11.6.